The molecule has 0 amide bonds. The standard InChI is InChI=1S/C28H33F2N3O4S.C22H24F2N4O2S.C21H30FN3O3S/c1-26(2,3)37-25(35)15-23-27(4,5)38(36)24(11-12-32-38)28(6,33-23)19-13-17(7-9-20(19)30)14-22(34)21-10-8-18(29)16-31-21;1-21(2)20(25)28-22(3,19-8-9-27-31(19,21)30)15-10-13(4-6-16(15)24)11-18(29)17-7-5-14(23)12-26-17;1-19(2,3)28-18(26)12-16-20(4,5)29(27)17(9-10-24-29)21(6,25-16)14-11-13(23)7-8-15(14)22/h7-10,13,16,24H,11-12,14-15H2,1-6H3;4-7,10,12,19H,8-9,11H2,1-3H3,(H2,25,28);7-8,11,17H,9-10,12,23H2,1-6H3/t24-,28+,38+;19-,22+,31+;17-,21+,29+/m000/s1. The van der Waals surface area contributed by atoms with Crippen LogP contribution in [0.25, 0.3) is 0 Å². The van der Waals surface area contributed by atoms with Gasteiger partial charge < -0.3 is 20.9 Å². The monoisotopic (exact) mass is 1410 g/mol. The molecule has 6 aliphatic heterocycles. The molecule has 5 aromatic rings. The summed E-state index contributed by atoms with van der Waals surface area (Å²) in [5.74, 6) is -4.09. The molecule has 27 heteroatoms. The normalized spacial score (nSPS) is 28.5. The maximum absolute atomic E-state index is 15.5. The van der Waals surface area contributed by atoms with Crippen molar-refractivity contribution >= 4 is 75.6 Å². The van der Waals surface area contributed by atoms with Crippen LogP contribution in [-0.4, -0.2) is 124 Å². The van der Waals surface area contributed by atoms with Crippen LogP contribution in [0, 0.1) is 29.1 Å². The van der Waals surface area contributed by atoms with Crippen molar-refractivity contribution < 1.29 is 63.2 Å². The number of hydrogen-bond acceptors (Lipinski definition) is 19. The third-order valence-electron chi connectivity index (χ3n) is 19.3. The van der Waals surface area contributed by atoms with Crippen LogP contribution < -0.4 is 11.5 Å². The maximum atomic E-state index is 15.5. The van der Waals surface area contributed by atoms with E-state index in [0.29, 0.717) is 67.1 Å². The third-order valence-corrected chi connectivity index (χ3v) is 30.4. The number of nitrogens with zero attached hydrogens (tertiary/aromatic N) is 8. The zero-order chi connectivity index (χ0) is 72.5. The van der Waals surface area contributed by atoms with Gasteiger partial charge in [0.2, 0.25) is 0 Å². The Morgan fingerprint density at radius 3 is 1.15 bits per heavy atom. The highest BCUT2D eigenvalue weighted by Crippen LogP contribution is 2.52. The van der Waals surface area contributed by atoms with Crippen LogP contribution in [0.5, 0.6) is 0 Å². The van der Waals surface area contributed by atoms with E-state index in [1.54, 1.807) is 122 Å². The summed E-state index contributed by atoms with van der Waals surface area (Å²) in [7, 11) is -8.57. The predicted octanol–water partition coefficient (Wildman–Crippen LogP) is 12.4. The molecule has 0 fully saturated rings. The number of carbonyl (C=O) groups is 4. The van der Waals surface area contributed by atoms with Gasteiger partial charge in [-0.05, 0) is 201 Å². The van der Waals surface area contributed by atoms with Gasteiger partial charge in [-0.3, -0.25) is 44.1 Å². The van der Waals surface area contributed by atoms with Crippen molar-refractivity contribution in [1.82, 2.24) is 9.97 Å². The predicted molar refractivity (Wildman–Crippen MR) is 371 cm³/mol. The fraction of sp³-hybridized carbons (Fsp3) is 0.507. The van der Waals surface area contributed by atoms with Crippen molar-refractivity contribution in [1.29, 1.82) is 0 Å². The zero-order valence-corrected chi connectivity index (χ0v) is 60.4. The van der Waals surface area contributed by atoms with Gasteiger partial charge in [0.05, 0.1) is 79.7 Å². The Balaban J connectivity index is 0.000000174. The summed E-state index contributed by atoms with van der Waals surface area (Å²) in [6.07, 6.45) is 2.99. The highest BCUT2D eigenvalue weighted by Gasteiger charge is 2.60. The van der Waals surface area contributed by atoms with Crippen molar-refractivity contribution in [3.8, 4) is 0 Å². The molecular formula is C71H87F5N10O9S3. The second-order valence-corrected chi connectivity index (χ2v) is 38.5. The Morgan fingerprint density at radius 2 is 0.806 bits per heavy atom. The summed E-state index contributed by atoms with van der Waals surface area (Å²) in [4.78, 5) is 72.8. The fourth-order valence-corrected chi connectivity index (χ4v) is 23.6. The molecule has 528 valence electrons. The molecule has 9 atom stereocenters. The number of carbonyl (C=O) groups excluding carboxylic acids is 4. The lowest BCUT2D eigenvalue weighted by atomic mass is 9.84. The molecule has 0 saturated heterocycles. The zero-order valence-electron chi connectivity index (χ0n) is 58.0. The first-order valence-corrected chi connectivity index (χ1v) is 37.0. The third kappa shape index (κ3) is 13.9. The van der Waals surface area contributed by atoms with Gasteiger partial charge in [-0.25, -0.2) is 47.7 Å². The Hall–Kier alpha value is -7.65. The first-order chi connectivity index (χ1) is 45.3. The number of nitrogen functional groups attached to an aromatic ring is 1. The smallest absolute Gasteiger partial charge is 0.312 e. The molecule has 98 heavy (non-hydrogen) atoms. The van der Waals surface area contributed by atoms with Gasteiger partial charge in [0, 0.05) is 66.3 Å². The number of halogens is 5. The van der Waals surface area contributed by atoms with E-state index in [1.807, 2.05) is 0 Å². The van der Waals surface area contributed by atoms with Crippen LogP contribution >= 0.6 is 0 Å². The molecule has 4 N–H and O–H groups in total. The number of aliphatic imine (C=N–C) groups is 3. The lowest BCUT2D eigenvalue weighted by molar-refractivity contribution is -0.154. The number of pyridine rings is 2. The van der Waals surface area contributed by atoms with Crippen molar-refractivity contribution in [2.24, 2.45) is 33.8 Å². The minimum Gasteiger partial charge on any atom is -0.460 e. The van der Waals surface area contributed by atoms with Gasteiger partial charge >= 0.3 is 11.9 Å². The molecule has 0 spiro atoms. The molecule has 0 radical (unpaired) electrons. The summed E-state index contributed by atoms with van der Waals surface area (Å²) in [5.41, 5.74) is 10.3. The fourth-order valence-electron chi connectivity index (χ4n) is 13.9. The van der Waals surface area contributed by atoms with Gasteiger partial charge in [-0.15, -0.1) is 0 Å². The number of ether oxygens (including phenoxy) is 2. The number of fused-ring (bicyclic) bond motifs is 3. The lowest BCUT2D eigenvalue weighted by Crippen LogP contribution is -2.58. The average Bonchev–Trinajstić information content (AvgIpc) is 1.34. The van der Waals surface area contributed by atoms with Crippen molar-refractivity contribution in [2.75, 3.05) is 25.4 Å². The summed E-state index contributed by atoms with van der Waals surface area (Å²) in [6.45, 7) is 27.7. The molecule has 8 heterocycles. The number of esters is 2. The number of anilines is 1. The van der Waals surface area contributed by atoms with Crippen molar-refractivity contribution in [3.05, 3.63) is 160 Å². The van der Waals surface area contributed by atoms with Gasteiger partial charge in [0.1, 0.15) is 78.9 Å². The SMILES string of the molecule is CC(C)(C)OC(=O)CC1=N[C@](C)(c2cc(CC(=O)c3ccc(F)cn3)ccc2F)[C@@H]2CCN=[S@]2(=O)C1(C)C.CC(C)(C)OC(=O)CC1=N[C@](C)(c2cc(N)ccc2F)[C@@H]2CCN=[S@]2(=O)C1(C)C.CC1(C)C(N)=N[C@](C)(c2cc(CC(=O)c3ccc(F)cn3)ccc2F)[C@@H]2CCN=[S@@]21=O. The molecule has 3 aromatic carbocycles. The number of aromatic nitrogens is 2. The minimum absolute atomic E-state index is 0.0445. The van der Waals surface area contributed by atoms with Crippen molar-refractivity contribution in [2.45, 2.75) is 207 Å². The van der Waals surface area contributed by atoms with E-state index >= 15 is 8.78 Å². The molecular weight excluding hydrogens is 1330 g/mol. The summed E-state index contributed by atoms with van der Waals surface area (Å²) in [6, 6.07) is 17.9. The van der Waals surface area contributed by atoms with E-state index < -0.39 is 128 Å². The molecule has 6 aliphatic rings. The Labute approximate surface area is 571 Å². The van der Waals surface area contributed by atoms with Crippen LogP contribution in [0.2, 0.25) is 0 Å². The summed E-state index contributed by atoms with van der Waals surface area (Å²) < 4.78 is 136. The number of benzene rings is 3. The molecule has 2 aromatic heterocycles. The van der Waals surface area contributed by atoms with Gasteiger partial charge in [-0.2, -0.15) is 0 Å². The van der Waals surface area contributed by atoms with Crippen LogP contribution in [0.15, 0.2) is 119 Å². The largest absolute Gasteiger partial charge is 0.460 e. The summed E-state index contributed by atoms with van der Waals surface area (Å²) in [5, 5.41) is -1.56. The van der Waals surface area contributed by atoms with Crippen LogP contribution in [-0.2, 0) is 77.7 Å². The average molecular weight is 1420 g/mol. The Morgan fingerprint density at radius 1 is 0.469 bits per heavy atom. The maximum Gasteiger partial charge on any atom is 0.312 e. The van der Waals surface area contributed by atoms with Crippen molar-refractivity contribution in [3.63, 3.8) is 0 Å². The van der Waals surface area contributed by atoms with Crippen LogP contribution in [0.4, 0.5) is 27.6 Å². The van der Waals surface area contributed by atoms with Gasteiger partial charge in [0.25, 0.3) is 0 Å². The van der Waals surface area contributed by atoms with Crippen LogP contribution in [0.1, 0.15) is 185 Å². The molecule has 0 aliphatic carbocycles. The summed E-state index contributed by atoms with van der Waals surface area (Å²) >= 11 is 0. The minimum atomic E-state index is -2.96. The van der Waals surface area contributed by atoms with E-state index in [2.05, 4.69) is 28.0 Å². The first kappa shape index (κ1) is 74.6. The first-order valence-electron chi connectivity index (χ1n) is 32.3. The van der Waals surface area contributed by atoms with Gasteiger partial charge in [-0.1, -0.05) is 12.1 Å². The number of Topliss-reactive ketones (excluding diaryl/α,β-unsaturated/α-hetero) is 2. The number of ketones is 2. The van der Waals surface area contributed by atoms with E-state index in [-0.39, 0.29) is 71.2 Å². The van der Waals surface area contributed by atoms with Gasteiger partial charge in [0.15, 0.2) is 11.6 Å². The second kappa shape index (κ2) is 26.5. The van der Waals surface area contributed by atoms with E-state index in [1.165, 1.54) is 54.6 Å². The highest BCUT2D eigenvalue weighted by molar-refractivity contribution is 7.97. The number of hydrogen-bond donors (Lipinski definition) is 2. The van der Waals surface area contributed by atoms with Crippen LogP contribution in [0.3, 0.4) is 0 Å². The highest BCUT2D eigenvalue weighted by atomic mass is 32.2. The van der Waals surface area contributed by atoms with E-state index in [0.717, 1.165) is 18.5 Å². The number of amidine groups is 1. The molecule has 11 rings (SSSR count). The molecule has 0 unspecified atom stereocenters. The molecule has 0 bridgehead atoms. The van der Waals surface area contributed by atoms with E-state index in [9.17, 15) is 45.0 Å². The lowest BCUT2D eigenvalue weighted by Gasteiger charge is -2.46. The second-order valence-electron chi connectivity index (χ2n) is 29.5. The molecule has 0 saturated carbocycles. The quantitative estimate of drug-likeness (QED) is 0.0480. The molecule has 19 nitrogen and oxygen atoms in total. The number of rotatable bonds is 13. The Kier molecular flexibility index (Phi) is 20.1. The van der Waals surface area contributed by atoms with E-state index in [4.69, 9.17) is 30.9 Å². The topological polar surface area (TPSA) is 290 Å². The Bertz CT molecular complexity index is 4560. The number of nitrogens with two attached hydrogens (primary N) is 2.